The molecule has 1 rings (SSSR count). The summed E-state index contributed by atoms with van der Waals surface area (Å²) in [4.78, 5) is 10.7. The van der Waals surface area contributed by atoms with E-state index in [1.165, 1.54) is 0 Å². The SMILES string of the molecule is CC(C)(C)NS(=O)(=O)N[C@H]1CC[C@@H](C(=O)O)C1. The van der Waals surface area contributed by atoms with Gasteiger partial charge in [-0.1, -0.05) is 0 Å². The molecule has 3 N–H and O–H groups in total. The smallest absolute Gasteiger partial charge is 0.306 e. The van der Waals surface area contributed by atoms with Gasteiger partial charge in [0, 0.05) is 11.6 Å². The highest BCUT2D eigenvalue weighted by molar-refractivity contribution is 7.87. The summed E-state index contributed by atoms with van der Waals surface area (Å²) in [5, 5.41) is 8.82. The average molecular weight is 264 g/mol. The highest BCUT2D eigenvalue weighted by atomic mass is 32.2. The van der Waals surface area contributed by atoms with Gasteiger partial charge in [-0.05, 0) is 40.0 Å². The van der Waals surface area contributed by atoms with E-state index in [1.807, 2.05) is 0 Å². The van der Waals surface area contributed by atoms with E-state index in [2.05, 4.69) is 9.44 Å². The molecule has 0 unspecified atom stereocenters. The first kappa shape index (κ1) is 14.4. The van der Waals surface area contributed by atoms with E-state index in [0.717, 1.165) is 0 Å². The van der Waals surface area contributed by atoms with Crippen molar-refractivity contribution in [1.29, 1.82) is 0 Å². The quantitative estimate of drug-likeness (QED) is 0.687. The minimum atomic E-state index is -3.56. The zero-order valence-electron chi connectivity index (χ0n) is 10.4. The number of carboxylic acids is 1. The van der Waals surface area contributed by atoms with Gasteiger partial charge in [-0.15, -0.1) is 0 Å². The van der Waals surface area contributed by atoms with E-state index in [1.54, 1.807) is 20.8 Å². The highest BCUT2D eigenvalue weighted by Crippen LogP contribution is 2.26. The van der Waals surface area contributed by atoms with Crippen LogP contribution in [0, 0.1) is 5.92 Å². The first-order valence-electron chi connectivity index (χ1n) is 5.63. The predicted molar refractivity (Wildman–Crippen MR) is 63.7 cm³/mol. The van der Waals surface area contributed by atoms with Gasteiger partial charge in [-0.3, -0.25) is 4.79 Å². The number of nitrogens with one attached hydrogen (secondary N) is 2. The molecular weight excluding hydrogens is 244 g/mol. The first-order chi connectivity index (χ1) is 7.59. The van der Waals surface area contributed by atoms with Gasteiger partial charge in [-0.2, -0.15) is 17.9 Å². The number of carboxylic acid groups (broad SMARTS) is 1. The topological polar surface area (TPSA) is 95.5 Å². The lowest BCUT2D eigenvalue weighted by Crippen LogP contribution is -2.49. The minimum absolute atomic E-state index is 0.282. The van der Waals surface area contributed by atoms with E-state index in [9.17, 15) is 13.2 Å². The minimum Gasteiger partial charge on any atom is -0.481 e. The molecule has 0 bridgehead atoms. The molecule has 17 heavy (non-hydrogen) atoms. The molecule has 0 aliphatic heterocycles. The highest BCUT2D eigenvalue weighted by Gasteiger charge is 2.32. The molecule has 0 saturated heterocycles. The molecule has 1 aliphatic rings. The van der Waals surface area contributed by atoms with Crippen molar-refractivity contribution in [2.45, 2.75) is 51.6 Å². The fourth-order valence-electron chi connectivity index (χ4n) is 1.96. The van der Waals surface area contributed by atoms with Crippen LogP contribution in [0.15, 0.2) is 0 Å². The van der Waals surface area contributed by atoms with Crippen molar-refractivity contribution in [2.75, 3.05) is 0 Å². The van der Waals surface area contributed by atoms with Crippen molar-refractivity contribution in [2.24, 2.45) is 5.92 Å². The summed E-state index contributed by atoms with van der Waals surface area (Å²) in [6.45, 7) is 5.25. The second-order valence-corrected chi connectivity index (χ2v) is 6.97. The fourth-order valence-corrected chi connectivity index (χ4v) is 3.48. The van der Waals surface area contributed by atoms with Crippen LogP contribution in [0.1, 0.15) is 40.0 Å². The van der Waals surface area contributed by atoms with Crippen LogP contribution in [0.2, 0.25) is 0 Å². The van der Waals surface area contributed by atoms with Gasteiger partial charge in [0.1, 0.15) is 0 Å². The van der Waals surface area contributed by atoms with Crippen LogP contribution in [0.25, 0.3) is 0 Å². The maximum atomic E-state index is 11.7. The molecule has 100 valence electrons. The van der Waals surface area contributed by atoms with Gasteiger partial charge < -0.3 is 5.11 Å². The summed E-state index contributed by atoms with van der Waals surface area (Å²) in [7, 11) is -3.56. The van der Waals surface area contributed by atoms with Crippen LogP contribution in [-0.4, -0.2) is 31.1 Å². The van der Waals surface area contributed by atoms with Gasteiger partial charge in [0.15, 0.2) is 0 Å². The zero-order valence-corrected chi connectivity index (χ0v) is 11.2. The van der Waals surface area contributed by atoms with Crippen LogP contribution in [0.3, 0.4) is 0 Å². The van der Waals surface area contributed by atoms with E-state index in [4.69, 9.17) is 5.11 Å². The number of aliphatic carboxylic acids is 1. The lowest BCUT2D eigenvalue weighted by Gasteiger charge is -2.22. The van der Waals surface area contributed by atoms with Crippen LogP contribution < -0.4 is 9.44 Å². The Balaban J connectivity index is 2.53. The summed E-state index contributed by atoms with van der Waals surface area (Å²) in [6.07, 6.45) is 1.46. The Morgan fingerprint density at radius 3 is 2.29 bits per heavy atom. The summed E-state index contributed by atoms with van der Waals surface area (Å²) < 4.78 is 28.4. The van der Waals surface area contributed by atoms with Crippen molar-refractivity contribution in [3.63, 3.8) is 0 Å². The molecular formula is C10H20N2O4S. The third-order valence-corrected chi connectivity index (χ3v) is 4.07. The largest absolute Gasteiger partial charge is 0.481 e. The Bertz CT molecular complexity index is 386. The van der Waals surface area contributed by atoms with E-state index >= 15 is 0 Å². The van der Waals surface area contributed by atoms with Crippen molar-refractivity contribution in [1.82, 2.24) is 9.44 Å². The second-order valence-electron chi connectivity index (χ2n) is 5.52. The number of rotatable bonds is 4. The molecule has 0 aromatic carbocycles. The number of hydrogen-bond acceptors (Lipinski definition) is 3. The molecule has 0 radical (unpaired) electrons. The number of carbonyl (C=O) groups is 1. The monoisotopic (exact) mass is 264 g/mol. The molecule has 0 spiro atoms. The Kier molecular flexibility index (Phi) is 4.16. The van der Waals surface area contributed by atoms with Gasteiger partial charge in [0.25, 0.3) is 10.2 Å². The van der Waals surface area contributed by atoms with Crippen LogP contribution in [0.5, 0.6) is 0 Å². The Morgan fingerprint density at radius 1 is 1.29 bits per heavy atom. The van der Waals surface area contributed by atoms with Gasteiger partial charge in [-0.25, -0.2) is 0 Å². The Hall–Kier alpha value is -0.660. The van der Waals surface area contributed by atoms with Crippen molar-refractivity contribution in [3.05, 3.63) is 0 Å². The van der Waals surface area contributed by atoms with Gasteiger partial charge in [0.05, 0.1) is 5.92 Å². The Labute approximate surface area is 102 Å². The second kappa shape index (κ2) is 4.91. The first-order valence-corrected chi connectivity index (χ1v) is 7.11. The summed E-state index contributed by atoms with van der Waals surface area (Å²) in [5.74, 6) is -1.28. The van der Waals surface area contributed by atoms with Crippen molar-refractivity contribution in [3.8, 4) is 0 Å². The average Bonchev–Trinajstić information content (AvgIpc) is 2.46. The molecule has 0 aromatic rings. The molecule has 0 heterocycles. The Morgan fingerprint density at radius 2 is 1.88 bits per heavy atom. The molecule has 0 amide bonds. The zero-order chi connectivity index (χ0) is 13.3. The molecule has 2 atom stereocenters. The third kappa shape index (κ3) is 5.01. The molecule has 0 aromatic heterocycles. The molecule has 1 saturated carbocycles. The maximum absolute atomic E-state index is 11.7. The normalized spacial score (nSPS) is 26.1. The third-order valence-electron chi connectivity index (χ3n) is 2.54. The maximum Gasteiger partial charge on any atom is 0.306 e. The van der Waals surface area contributed by atoms with Gasteiger partial charge >= 0.3 is 5.97 Å². The molecule has 1 fully saturated rings. The van der Waals surface area contributed by atoms with Crippen LogP contribution >= 0.6 is 0 Å². The summed E-state index contributed by atoms with van der Waals surface area (Å²) in [5.41, 5.74) is -0.545. The molecule has 6 nitrogen and oxygen atoms in total. The number of hydrogen-bond donors (Lipinski definition) is 3. The van der Waals surface area contributed by atoms with E-state index in [-0.39, 0.29) is 6.04 Å². The standard InChI is InChI=1S/C10H20N2O4S/c1-10(2,3)12-17(15,16)11-8-5-4-7(6-8)9(13)14/h7-8,11-12H,4-6H2,1-3H3,(H,13,14)/t7-,8+/m1/s1. The van der Waals surface area contributed by atoms with Crippen LogP contribution in [0.4, 0.5) is 0 Å². The summed E-state index contributed by atoms with van der Waals surface area (Å²) in [6, 6.07) is -0.282. The summed E-state index contributed by atoms with van der Waals surface area (Å²) >= 11 is 0. The van der Waals surface area contributed by atoms with Gasteiger partial charge in [0.2, 0.25) is 0 Å². The van der Waals surface area contributed by atoms with E-state index in [0.29, 0.717) is 19.3 Å². The van der Waals surface area contributed by atoms with E-state index < -0.39 is 27.6 Å². The fraction of sp³-hybridized carbons (Fsp3) is 0.900. The van der Waals surface area contributed by atoms with Crippen molar-refractivity contribution >= 4 is 16.2 Å². The predicted octanol–water partition coefficient (Wildman–Crippen LogP) is 0.462. The van der Waals surface area contributed by atoms with Crippen molar-refractivity contribution < 1.29 is 18.3 Å². The molecule has 7 heteroatoms. The van der Waals surface area contributed by atoms with Crippen LogP contribution in [-0.2, 0) is 15.0 Å². The lowest BCUT2D eigenvalue weighted by atomic mass is 10.1. The molecule has 1 aliphatic carbocycles. The lowest BCUT2D eigenvalue weighted by molar-refractivity contribution is -0.141.